The summed E-state index contributed by atoms with van der Waals surface area (Å²) in [5.74, 6) is 1.33. The van der Waals surface area contributed by atoms with Gasteiger partial charge in [0.05, 0.1) is 17.4 Å². The van der Waals surface area contributed by atoms with Gasteiger partial charge in [-0.1, -0.05) is 24.2 Å². The average Bonchev–Trinajstić information content (AvgIpc) is 3.26. The van der Waals surface area contributed by atoms with E-state index < -0.39 is 0 Å². The number of anilines is 2. The Hall–Kier alpha value is -2.83. The van der Waals surface area contributed by atoms with Gasteiger partial charge in [-0.15, -0.1) is 0 Å². The van der Waals surface area contributed by atoms with E-state index in [1.165, 1.54) is 0 Å². The number of aromatic nitrogens is 1. The highest BCUT2D eigenvalue weighted by Crippen LogP contribution is 2.40. The summed E-state index contributed by atoms with van der Waals surface area (Å²) in [4.78, 5) is 25.5. The van der Waals surface area contributed by atoms with Crippen molar-refractivity contribution in [3.05, 3.63) is 41.8 Å². The molecule has 4 rings (SSSR count). The molecular formula is C19H22N4O3. The first-order valence-electron chi connectivity index (χ1n) is 8.97. The second-order valence-corrected chi connectivity index (χ2v) is 7.13. The van der Waals surface area contributed by atoms with Crippen molar-refractivity contribution in [3.63, 3.8) is 0 Å². The lowest BCUT2D eigenvalue weighted by Gasteiger charge is -2.21. The molecule has 2 N–H and O–H groups in total. The quantitative estimate of drug-likeness (QED) is 0.778. The smallest absolute Gasteiger partial charge is 0.273 e. The standard InChI is InChI=1S/C19H22N4O3/c1-12-9-23(17-5-3-2-4-14(17)20-11-24)10-16(12)21-19(25)15-8-18(26-22-15)13-6-7-13/h2-5,8,11-13,16H,6-7,9-10H2,1H3,(H,20,24)(H,21,25)/t12-,16+/m0/s1. The SMILES string of the molecule is C[C@H]1CN(c2ccccc2NC=O)C[C@H]1NC(=O)c1cc(C2CC2)on1. The largest absolute Gasteiger partial charge is 0.367 e. The first-order chi connectivity index (χ1) is 12.7. The molecule has 2 atom stereocenters. The van der Waals surface area contributed by atoms with E-state index in [1.54, 1.807) is 6.07 Å². The van der Waals surface area contributed by atoms with E-state index in [0.717, 1.165) is 36.5 Å². The predicted molar refractivity (Wildman–Crippen MR) is 97.2 cm³/mol. The molecule has 1 aromatic carbocycles. The molecule has 0 unspecified atom stereocenters. The van der Waals surface area contributed by atoms with Gasteiger partial charge in [0.15, 0.2) is 5.69 Å². The maximum absolute atomic E-state index is 12.5. The van der Waals surface area contributed by atoms with Crippen molar-refractivity contribution in [2.75, 3.05) is 23.3 Å². The van der Waals surface area contributed by atoms with Crippen LogP contribution in [0.1, 0.15) is 41.9 Å². The van der Waals surface area contributed by atoms with E-state index in [2.05, 4.69) is 27.6 Å². The van der Waals surface area contributed by atoms with Crippen LogP contribution in [0.4, 0.5) is 11.4 Å². The Kier molecular flexibility index (Phi) is 4.36. The Bertz CT molecular complexity index is 815. The van der Waals surface area contributed by atoms with E-state index in [-0.39, 0.29) is 17.9 Å². The number of nitrogens with zero attached hydrogens (tertiary/aromatic N) is 2. The minimum atomic E-state index is -0.196. The Morgan fingerprint density at radius 3 is 2.88 bits per heavy atom. The maximum Gasteiger partial charge on any atom is 0.273 e. The fraction of sp³-hybridized carbons (Fsp3) is 0.421. The van der Waals surface area contributed by atoms with Gasteiger partial charge in [-0.05, 0) is 30.9 Å². The van der Waals surface area contributed by atoms with Crippen molar-refractivity contribution in [1.82, 2.24) is 10.5 Å². The van der Waals surface area contributed by atoms with E-state index in [0.29, 0.717) is 24.6 Å². The Labute approximate surface area is 151 Å². The van der Waals surface area contributed by atoms with Crippen LogP contribution in [-0.2, 0) is 4.79 Å². The number of benzene rings is 1. The van der Waals surface area contributed by atoms with Gasteiger partial charge in [0.1, 0.15) is 5.76 Å². The summed E-state index contributed by atoms with van der Waals surface area (Å²) in [6.07, 6.45) is 2.90. The molecule has 0 radical (unpaired) electrons. The highest BCUT2D eigenvalue weighted by molar-refractivity contribution is 5.92. The summed E-state index contributed by atoms with van der Waals surface area (Å²) in [6, 6.07) is 9.44. The monoisotopic (exact) mass is 354 g/mol. The first kappa shape index (κ1) is 16.6. The predicted octanol–water partition coefficient (Wildman–Crippen LogP) is 2.38. The molecule has 2 fully saturated rings. The van der Waals surface area contributed by atoms with Crippen LogP contribution in [0, 0.1) is 5.92 Å². The number of hydrogen-bond donors (Lipinski definition) is 2. The third-order valence-corrected chi connectivity index (χ3v) is 5.13. The molecule has 7 heteroatoms. The summed E-state index contributed by atoms with van der Waals surface area (Å²) in [6.45, 7) is 3.59. The van der Waals surface area contributed by atoms with Crippen molar-refractivity contribution in [1.29, 1.82) is 0 Å². The second-order valence-electron chi connectivity index (χ2n) is 7.13. The zero-order valence-electron chi connectivity index (χ0n) is 14.6. The van der Waals surface area contributed by atoms with Crippen LogP contribution in [0.2, 0.25) is 0 Å². The number of carbonyl (C=O) groups excluding carboxylic acids is 2. The van der Waals surface area contributed by atoms with Gasteiger partial charge in [0, 0.05) is 25.1 Å². The molecule has 1 aliphatic heterocycles. The normalized spacial score (nSPS) is 22.3. The number of amides is 2. The number of carbonyl (C=O) groups is 2. The molecular weight excluding hydrogens is 332 g/mol. The van der Waals surface area contributed by atoms with Crippen LogP contribution in [0.3, 0.4) is 0 Å². The molecule has 1 aliphatic carbocycles. The van der Waals surface area contributed by atoms with E-state index in [9.17, 15) is 9.59 Å². The van der Waals surface area contributed by atoms with Gasteiger partial charge in [-0.2, -0.15) is 0 Å². The molecule has 0 spiro atoms. The highest BCUT2D eigenvalue weighted by Gasteiger charge is 2.33. The molecule has 1 aromatic heterocycles. The Balaban J connectivity index is 1.43. The van der Waals surface area contributed by atoms with Gasteiger partial charge in [-0.3, -0.25) is 9.59 Å². The van der Waals surface area contributed by atoms with Crippen LogP contribution in [0.15, 0.2) is 34.9 Å². The average molecular weight is 354 g/mol. The summed E-state index contributed by atoms with van der Waals surface area (Å²) in [5, 5.41) is 9.72. The fourth-order valence-corrected chi connectivity index (χ4v) is 3.49. The highest BCUT2D eigenvalue weighted by atomic mass is 16.5. The van der Waals surface area contributed by atoms with Crippen molar-refractivity contribution < 1.29 is 14.1 Å². The molecule has 2 amide bonds. The first-order valence-corrected chi connectivity index (χ1v) is 8.97. The minimum Gasteiger partial charge on any atom is -0.367 e. The molecule has 7 nitrogen and oxygen atoms in total. The minimum absolute atomic E-state index is 0.00728. The lowest BCUT2D eigenvalue weighted by Crippen LogP contribution is -2.40. The third-order valence-electron chi connectivity index (χ3n) is 5.13. The van der Waals surface area contributed by atoms with E-state index in [1.807, 2.05) is 24.3 Å². The van der Waals surface area contributed by atoms with Crippen molar-refractivity contribution >= 4 is 23.7 Å². The van der Waals surface area contributed by atoms with Crippen LogP contribution in [0.5, 0.6) is 0 Å². The topological polar surface area (TPSA) is 87.5 Å². The van der Waals surface area contributed by atoms with Crippen LogP contribution >= 0.6 is 0 Å². The summed E-state index contributed by atoms with van der Waals surface area (Å²) in [5.41, 5.74) is 2.08. The molecule has 2 aromatic rings. The van der Waals surface area contributed by atoms with Gasteiger partial charge in [0.25, 0.3) is 5.91 Å². The van der Waals surface area contributed by atoms with Gasteiger partial charge in [-0.25, -0.2) is 0 Å². The molecule has 2 heterocycles. The molecule has 26 heavy (non-hydrogen) atoms. The lowest BCUT2D eigenvalue weighted by molar-refractivity contribution is -0.105. The van der Waals surface area contributed by atoms with Crippen molar-refractivity contribution in [3.8, 4) is 0 Å². The van der Waals surface area contributed by atoms with Crippen molar-refractivity contribution in [2.24, 2.45) is 5.92 Å². The maximum atomic E-state index is 12.5. The molecule has 1 saturated carbocycles. The number of nitrogens with one attached hydrogen (secondary N) is 2. The van der Waals surface area contributed by atoms with Gasteiger partial charge >= 0.3 is 0 Å². The zero-order chi connectivity index (χ0) is 18.1. The number of para-hydroxylation sites is 2. The molecule has 1 saturated heterocycles. The van der Waals surface area contributed by atoms with Crippen molar-refractivity contribution in [2.45, 2.75) is 31.7 Å². The summed E-state index contributed by atoms with van der Waals surface area (Å²) >= 11 is 0. The number of rotatable bonds is 6. The third kappa shape index (κ3) is 3.29. The summed E-state index contributed by atoms with van der Waals surface area (Å²) in [7, 11) is 0. The fourth-order valence-electron chi connectivity index (χ4n) is 3.49. The van der Waals surface area contributed by atoms with Crippen LogP contribution < -0.4 is 15.5 Å². The zero-order valence-corrected chi connectivity index (χ0v) is 14.6. The molecule has 2 aliphatic rings. The second kappa shape index (κ2) is 6.82. The van der Waals surface area contributed by atoms with E-state index >= 15 is 0 Å². The van der Waals surface area contributed by atoms with Crippen LogP contribution in [-0.4, -0.2) is 36.6 Å². The molecule has 136 valence electrons. The van der Waals surface area contributed by atoms with Gasteiger partial charge in [0.2, 0.25) is 6.41 Å². The van der Waals surface area contributed by atoms with Gasteiger partial charge < -0.3 is 20.1 Å². The summed E-state index contributed by atoms with van der Waals surface area (Å²) < 4.78 is 5.27. The number of hydrogen-bond acceptors (Lipinski definition) is 5. The Morgan fingerprint density at radius 1 is 1.31 bits per heavy atom. The Morgan fingerprint density at radius 2 is 2.12 bits per heavy atom. The lowest BCUT2D eigenvalue weighted by atomic mass is 10.1. The molecule has 0 bridgehead atoms. The van der Waals surface area contributed by atoms with Crippen LogP contribution in [0.25, 0.3) is 0 Å². The van der Waals surface area contributed by atoms with E-state index in [4.69, 9.17) is 4.52 Å².